The van der Waals surface area contributed by atoms with Crippen LogP contribution in [0.2, 0.25) is 0 Å². The predicted molar refractivity (Wildman–Crippen MR) is 138 cm³/mol. The Bertz CT molecular complexity index is 1310. The lowest BCUT2D eigenvalue weighted by atomic mass is 9.80. The number of anilines is 1. The van der Waals surface area contributed by atoms with E-state index >= 15 is 0 Å². The third-order valence-corrected chi connectivity index (χ3v) is 5.05. The minimum atomic E-state index is -1.22. The number of benzene rings is 1. The monoisotopic (exact) mass is 498 g/mol. The molecule has 0 aliphatic heterocycles. The summed E-state index contributed by atoms with van der Waals surface area (Å²) < 4.78 is 10.4. The van der Waals surface area contributed by atoms with Gasteiger partial charge in [-0.2, -0.15) is 9.98 Å². The van der Waals surface area contributed by atoms with Gasteiger partial charge in [-0.05, 0) is 76.7 Å². The number of aliphatic imine (C=N–C) groups is 1. The number of pyridine rings is 1. The Kier molecular flexibility index (Phi) is 10.6. The van der Waals surface area contributed by atoms with Crippen molar-refractivity contribution in [2.45, 2.75) is 51.6 Å². The van der Waals surface area contributed by atoms with Crippen molar-refractivity contribution in [3.05, 3.63) is 45.6 Å². The van der Waals surface area contributed by atoms with Crippen LogP contribution < -0.4 is 11.2 Å². The van der Waals surface area contributed by atoms with E-state index in [-0.39, 0.29) is 27.9 Å². The summed E-state index contributed by atoms with van der Waals surface area (Å²) in [5.41, 5.74) is 6.29. The highest BCUT2D eigenvalue weighted by Gasteiger charge is 2.21. The number of nitrogens with one attached hydrogen (secondary N) is 1. The maximum absolute atomic E-state index is 12.7. The fourth-order valence-corrected chi connectivity index (χ4v) is 3.27. The van der Waals surface area contributed by atoms with E-state index in [9.17, 15) is 14.4 Å². The van der Waals surface area contributed by atoms with E-state index < -0.39 is 17.7 Å². The fraction of sp³-hybridized carbons (Fsp3) is 0.320. The molecule has 1 fully saturated rings. The van der Waals surface area contributed by atoms with Crippen molar-refractivity contribution in [2.75, 3.05) is 5.73 Å². The number of amides is 1. The smallest absolute Gasteiger partial charge is 0.433 e. The highest BCUT2D eigenvalue weighted by atomic mass is 16.6. The lowest BCUT2D eigenvalue weighted by molar-refractivity contribution is -0.0980. The summed E-state index contributed by atoms with van der Waals surface area (Å²) >= 11 is 0. The number of carbonyl (C=O) groups is 3. The summed E-state index contributed by atoms with van der Waals surface area (Å²) in [6.45, 7) is 12.8. The van der Waals surface area contributed by atoms with Crippen molar-refractivity contribution >= 4 is 60.2 Å². The molecule has 36 heavy (non-hydrogen) atoms. The average molecular weight is 499 g/mol. The summed E-state index contributed by atoms with van der Waals surface area (Å²) in [7, 11) is 0. The minimum absolute atomic E-state index is 0.0568. The van der Waals surface area contributed by atoms with Crippen molar-refractivity contribution in [1.29, 1.82) is 5.41 Å². The van der Waals surface area contributed by atoms with Crippen molar-refractivity contribution < 1.29 is 28.6 Å². The Morgan fingerprint density at radius 2 is 1.81 bits per heavy atom. The molecule has 0 spiro atoms. The molecule has 0 unspecified atom stereocenters. The number of aromatic nitrogens is 1. The van der Waals surface area contributed by atoms with Crippen LogP contribution in [0.1, 0.15) is 61.9 Å². The standard InChI is InChI=1S/C17H14N2O4.C6H11NO2.CH3N.CH2O/c18-15-12(17(21)22)7-11-14(20)10-6-9(8-2-1-3-8)4-5-13(10)23-16(11)19-15;1-6(2,3)9-5(8)7-4;2*1-2/h4-8H,1-3H2,(H2,18,19)(H,21,22);4H2,1-3H3;2H,1H2;1H2. The van der Waals surface area contributed by atoms with Gasteiger partial charge in [0.25, 0.3) is 0 Å². The normalized spacial score (nSPS) is 12.4. The quantitative estimate of drug-likeness (QED) is 0.335. The molecule has 11 heteroatoms. The predicted octanol–water partition coefficient (Wildman–Crippen LogP) is 4.59. The highest BCUT2D eigenvalue weighted by molar-refractivity contribution is 5.98. The number of carbonyl (C=O) groups excluding carboxylic acids is 2. The molecule has 1 saturated carbocycles. The van der Waals surface area contributed by atoms with Gasteiger partial charge < -0.3 is 30.2 Å². The van der Waals surface area contributed by atoms with Crippen LogP contribution in [-0.2, 0) is 9.53 Å². The number of carboxylic acid groups (broad SMARTS) is 1. The number of nitrogen functional groups attached to an aromatic ring is 1. The van der Waals surface area contributed by atoms with Gasteiger partial charge in [-0.15, -0.1) is 0 Å². The summed E-state index contributed by atoms with van der Waals surface area (Å²) in [6.07, 6.45) is 2.85. The number of rotatable bonds is 2. The molecule has 1 aliphatic carbocycles. The van der Waals surface area contributed by atoms with Crippen molar-refractivity contribution in [3.8, 4) is 0 Å². The van der Waals surface area contributed by atoms with E-state index in [1.165, 1.54) is 12.5 Å². The lowest BCUT2D eigenvalue weighted by Gasteiger charge is -2.25. The van der Waals surface area contributed by atoms with E-state index in [4.69, 9.17) is 30.2 Å². The van der Waals surface area contributed by atoms with Gasteiger partial charge in [0, 0.05) is 0 Å². The fourth-order valence-electron chi connectivity index (χ4n) is 3.27. The number of nitrogens with two attached hydrogens (primary N) is 1. The Morgan fingerprint density at radius 1 is 1.19 bits per heavy atom. The molecular weight excluding hydrogens is 468 g/mol. The Labute approximate surface area is 207 Å². The molecule has 0 atom stereocenters. The second-order valence-electron chi connectivity index (χ2n) is 8.53. The van der Waals surface area contributed by atoms with E-state index in [0.717, 1.165) is 18.4 Å². The first-order valence-electron chi connectivity index (χ1n) is 10.7. The number of aromatic carboxylic acids is 1. The van der Waals surface area contributed by atoms with Crippen LogP contribution in [-0.4, -0.2) is 48.0 Å². The molecule has 4 N–H and O–H groups in total. The van der Waals surface area contributed by atoms with E-state index in [1.807, 2.05) is 18.9 Å². The maximum Gasteiger partial charge on any atom is 0.433 e. The molecule has 2 heterocycles. The molecule has 3 aromatic rings. The van der Waals surface area contributed by atoms with Crippen LogP contribution in [0.25, 0.3) is 22.1 Å². The minimum Gasteiger partial charge on any atom is -0.478 e. The number of ether oxygens (including phenoxy) is 1. The van der Waals surface area contributed by atoms with Gasteiger partial charge in [0.1, 0.15) is 29.4 Å². The Balaban J connectivity index is 0.000000424. The van der Waals surface area contributed by atoms with E-state index in [0.29, 0.717) is 16.9 Å². The van der Waals surface area contributed by atoms with Crippen LogP contribution in [0, 0.1) is 5.41 Å². The van der Waals surface area contributed by atoms with Gasteiger partial charge in [0.05, 0.1) is 10.8 Å². The zero-order valence-corrected chi connectivity index (χ0v) is 20.5. The molecule has 1 amide bonds. The Morgan fingerprint density at radius 3 is 2.25 bits per heavy atom. The molecule has 0 saturated heterocycles. The molecule has 0 bridgehead atoms. The Hall–Kier alpha value is -4.41. The molecule has 2 aromatic heterocycles. The van der Waals surface area contributed by atoms with Crippen molar-refractivity contribution in [2.24, 2.45) is 4.99 Å². The first kappa shape index (κ1) is 29.6. The second kappa shape index (κ2) is 12.9. The van der Waals surface area contributed by atoms with Crippen molar-refractivity contribution in [3.63, 3.8) is 0 Å². The maximum atomic E-state index is 12.7. The van der Waals surface area contributed by atoms with Gasteiger partial charge in [-0.1, -0.05) is 12.5 Å². The number of hydrogen-bond acceptors (Lipinski definition) is 9. The van der Waals surface area contributed by atoms with Gasteiger partial charge in [-0.25, -0.2) is 9.59 Å². The summed E-state index contributed by atoms with van der Waals surface area (Å²) in [5.74, 6) is -0.896. The largest absolute Gasteiger partial charge is 0.478 e. The van der Waals surface area contributed by atoms with Crippen LogP contribution in [0.4, 0.5) is 10.6 Å². The number of fused-ring (bicyclic) bond motifs is 2. The van der Waals surface area contributed by atoms with Crippen LogP contribution in [0.15, 0.2) is 38.5 Å². The van der Waals surface area contributed by atoms with Gasteiger partial charge in [0.2, 0.25) is 11.1 Å². The summed E-state index contributed by atoms with van der Waals surface area (Å²) in [5, 5.41) is 15.2. The number of nitrogens with zero attached hydrogens (tertiary/aromatic N) is 2. The van der Waals surface area contributed by atoms with Crippen LogP contribution in [0.3, 0.4) is 0 Å². The lowest BCUT2D eigenvalue weighted by Crippen LogP contribution is -2.21. The van der Waals surface area contributed by atoms with Crippen LogP contribution in [0.5, 0.6) is 0 Å². The number of hydrogen-bond donors (Lipinski definition) is 3. The SMILES string of the molecule is C=N.C=NC(=O)OC(C)(C)C.C=O.Nc1nc2oc3ccc(C4CCC4)cc3c(=O)c2cc1C(=O)O. The van der Waals surface area contributed by atoms with Gasteiger partial charge >= 0.3 is 12.1 Å². The molecule has 4 rings (SSSR count). The van der Waals surface area contributed by atoms with Gasteiger partial charge in [-0.3, -0.25) is 4.79 Å². The third-order valence-electron chi connectivity index (χ3n) is 5.05. The van der Waals surface area contributed by atoms with Gasteiger partial charge in [0.15, 0.2) is 0 Å². The van der Waals surface area contributed by atoms with E-state index in [2.05, 4.69) is 23.4 Å². The van der Waals surface area contributed by atoms with Crippen LogP contribution >= 0.6 is 0 Å². The number of carboxylic acids is 1. The highest BCUT2D eigenvalue weighted by Crippen LogP contribution is 2.37. The zero-order valence-electron chi connectivity index (χ0n) is 20.5. The molecule has 1 aliphatic rings. The molecule has 0 radical (unpaired) electrons. The topological polar surface area (TPSA) is 186 Å². The zero-order chi connectivity index (χ0) is 27.6. The molecule has 192 valence electrons. The second-order valence-corrected chi connectivity index (χ2v) is 8.53. The third kappa shape index (κ3) is 7.29. The molecule has 11 nitrogen and oxygen atoms in total. The molecule has 1 aromatic carbocycles. The average Bonchev–Trinajstić information content (AvgIpc) is 2.80. The van der Waals surface area contributed by atoms with E-state index in [1.54, 1.807) is 26.8 Å². The molecular formula is C25H30N4O7. The van der Waals surface area contributed by atoms with Crippen molar-refractivity contribution in [1.82, 2.24) is 4.98 Å². The summed E-state index contributed by atoms with van der Waals surface area (Å²) in [6, 6.07) is 6.82. The first-order chi connectivity index (χ1) is 17.0. The summed E-state index contributed by atoms with van der Waals surface area (Å²) in [4.78, 5) is 49.3. The first-order valence-corrected chi connectivity index (χ1v) is 10.7.